The maximum atomic E-state index is 5.74. The Hall–Kier alpha value is -1.36. The number of rotatable bonds is 6. The van der Waals surface area contributed by atoms with E-state index in [0.717, 1.165) is 12.4 Å². The molecule has 1 heterocycles. The van der Waals surface area contributed by atoms with E-state index in [1.54, 1.807) is 0 Å². The fraction of sp³-hybridized carbons (Fsp3) is 0.692. The van der Waals surface area contributed by atoms with E-state index in [0.29, 0.717) is 12.4 Å². The van der Waals surface area contributed by atoms with Crippen LogP contribution in [0.2, 0.25) is 0 Å². The summed E-state index contributed by atoms with van der Waals surface area (Å²) in [4.78, 5) is 10.4. The second kappa shape index (κ2) is 6.00. The third kappa shape index (κ3) is 4.49. The van der Waals surface area contributed by atoms with Gasteiger partial charge < -0.3 is 15.4 Å². The van der Waals surface area contributed by atoms with E-state index in [1.807, 2.05) is 27.0 Å². The Balaban J connectivity index is 2.76. The first-order chi connectivity index (χ1) is 8.34. The average molecular weight is 252 g/mol. The molecule has 1 aromatic rings. The second-order valence-electron chi connectivity index (χ2n) is 5.61. The van der Waals surface area contributed by atoms with E-state index in [2.05, 4.69) is 28.7 Å². The Morgan fingerprint density at radius 3 is 2.61 bits per heavy atom. The average Bonchev–Trinajstić information content (AvgIpc) is 2.28. The molecule has 0 aromatic carbocycles. The topological polar surface area (TPSA) is 64.3 Å². The van der Waals surface area contributed by atoms with Gasteiger partial charge in [0.2, 0.25) is 5.88 Å². The highest BCUT2D eigenvalue weighted by Crippen LogP contribution is 2.20. The fourth-order valence-electron chi connectivity index (χ4n) is 1.63. The highest BCUT2D eigenvalue weighted by molar-refractivity contribution is 5.40. The zero-order chi connectivity index (χ0) is 13.8. The Labute approximate surface area is 109 Å². The molecule has 5 nitrogen and oxygen atoms in total. The van der Waals surface area contributed by atoms with Crippen molar-refractivity contribution in [2.45, 2.75) is 33.8 Å². The third-order valence-electron chi connectivity index (χ3n) is 2.59. The van der Waals surface area contributed by atoms with Crippen molar-refractivity contribution in [2.75, 3.05) is 25.0 Å². The van der Waals surface area contributed by atoms with Crippen molar-refractivity contribution >= 4 is 5.82 Å². The van der Waals surface area contributed by atoms with Crippen LogP contribution in [-0.2, 0) is 0 Å². The summed E-state index contributed by atoms with van der Waals surface area (Å²) >= 11 is 0. The van der Waals surface area contributed by atoms with Crippen LogP contribution in [0.25, 0.3) is 0 Å². The predicted octanol–water partition coefficient (Wildman–Crippen LogP) is 1.68. The van der Waals surface area contributed by atoms with Gasteiger partial charge in [0.15, 0.2) is 0 Å². The van der Waals surface area contributed by atoms with Crippen molar-refractivity contribution in [3.05, 3.63) is 12.4 Å². The standard InChI is InChI=1S/C13H24N4O/c1-10(2)18-12-6-11(15-9-16-12)17(5)8-13(3,4)7-14/h6,9-10H,7-8,14H2,1-5H3. The highest BCUT2D eigenvalue weighted by atomic mass is 16.5. The molecule has 0 fully saturated rings. The molecule has 0 atom stereocenters. The number of anilines is 1. The van der Waals surface area contributed by atoms with Crippen LogP contribution in [0.1, 0.15) is 27.7 Å². The highest BCUT2D eigenvalue weighted by Gasteiger charge is 2.19. The van der Waals surface area contributed by atoms with Gasteiger partial charge in [0.05, 0.1) is 6.10 Å². The first-order valence-corrected chi connectivity index (χ1v) is 6.24. The molecule has 0 amide bonds. The summed E-state index contributed by atoms with van der Waals surface area (Å²) in [5, 5.41) is 0. The summed E-state index contributed by atoms with van der Waals surface area (Å²) in [5.41, 5.74) is 5.80. The van der Waals surface area contributed by atoms with E-state index >= 15 is 0 Å². The zero-order valence-corrected chi connectivity index (χ0v) is 12.0. The van der Waals surface area contributed by atoms with Crippen molar-refractivity contribution in [2.24, 2.45) is 11.1 Å². The largest absolute Gasteiger partial charge is 0.475 e. The van der Waals surface area contributed by atoms with Gasteiger partial charge in [-0.3, -0.25) is 0 Å². The lowest BCUT2D eigenvalue weighted by atomic mass is 9.93. The molecule has 0 radical (unpaired) electrons. The lowest BCUT2D eigenvalue weighted by Crippen LogP contribution is -2.37. The molecule has 18 heavy (non-hydrogen) atoms. The van der Waals surface area contributed by atoms with Crippen molar-refractivity contribution in [3.63, 3.8) is 0 Å². The predicted molar refractivity (Wildman–Crippen MR) is 73.9 cm³/mol. The molecular weight excluding hydrogens is 228 g/mol. The summed E-state index contributed by atoms with van der Waals surface area (Å²) in [5.74, 6) is 1.45. The molecule has 0 spiro atoms. The lowest BCUT2D eigenvalue weighted by Gasteiger charge is -2.29. The molecule has 5 heteroatoms. The molecule has 2 N–H and O–H groups in total. The minimum atomic E-state index is 0.0543. The zero-order valence-electron chi connectivity index (χ0n) is 12.0. The van der Waals surface area contributed by atoms with Gasteiger partial charge in [0, 0.05) is 19.7 Å². The number of aromatic nitrogens is 2. The Morgan fingerprint density at radius 1 is 1.39 bits per heavy atom. The van der Waals surface area contributed by atoms with E-state index in [1.165, 1.54) is 6.33 Å². The molecule has 0 saturated heterocycles. The monoisotopic (exact) mass is 252 g/mol. The number of nitrogens with two attached hydrogens (primary N) is 1. The van der Waals surface area contributed by atoms with Gasteiger partial charge in [-0.25, -0.2) is 9.97 Å². The van der Waals surface area contributed by atoms with E-state index in [4.69, 9.17) is 10.5 Å². The Bertz CT molecular complexity index is 379. The molecule has 102 valence electrons. The minimum absolute atomic E-state index is 0.0543. The summed E-state index contributed by atoms with van der Waals surface area (Å²) in [7, 11) is 2.00. The lowest BCUT2D eigenvalue weighted by molar-refractivity contribution is 0.232. The first-order valence-electron chi connectivity index (χ1n) is 6.24. The molecular formula is C13H24N4O. The molecule has 0 aliphatic heterocycles. The molecule has 0 aliphatic rings. The van der Waals surface area contributed by atoms with Crippen LogP contribution in [0.15, 0.2) is 12.4 Å². The van der Waals surface area contributed by atoms with E-state index in [-0.39, 0.29) is 11.5 Å². The van der Waals surface area contributed by atoms with Crippen LogP contribution in [0.3, 0.4) is 0 Å². The summed E-state index contributed by atoms with van der Waals surface area (Å²) < 4.78 is 5.56. The van der Waals surface area contributed by atoms with Gasteiger partial charge in [-0.15, -0.1) is 0 Å². The maximum Gasteiger partial charge on any atom is 0.218 e. The van der Waals surface area contributed by atoms with Crippen molar-refractivity contribution in [3.8, 4) is 5.88 Å². The van der Waals surface area contributed by atoms with Gasteiger partial charge in [0.25, 0.3) is 0 Å². The van der Waals surface area contributed by atoms with E-state index < -0.39 is 0 Å². The maximum absolute atomic E-state index is 5.74. The summed E-state index contributed by atoms with van der Waals surface area (Å²) in [6.07, 6.45) is 1.64. The van der Waals surface area contributed by atoms with Crippen LogP contribution >= 0.6 is 0 Å². The smallest absolute Gasteiger partial charge is 0.218 e. The summed E-state index contributed by atoms with van der Waals surface area (Å²) in [6.45, 7) is 9.69. The number of nitrogens with zero attached hydrogens (tertiary/aromatic N) is 3. The van der Waals surface area contributed by atoms with Crippen LogP contribution in [0.5, 0.6) is 5.88 Å². The number of ether oxygens (including phenoxy) is 1. The minimum Gasteiger partial charge on any atom is -0.475 e. The number of hydrogen-bond donors (Lipinski definition) is 1. The van der Waals surface area contributed by atoms with Crippen LogP contribution in [0, 0.1) is 5.41 Å². The molecule has 0 unspecified atom stereocenters. The third-order valence-corrected chi connectivity index (χ3v) is 2.59. The molecule has 1 rings (SSSR count). The molecule has 1 aromatic heterocycles. The fourth-order valence-corrected chi connectivity index (χ4v) is 1.63. The van der Waals surface area contributed by atoms with Crippen molar-refractivity contribution < 1.29 is 4.74 Å². The van der Waals surface area contributed by atoms with Crippen LogP contribution in [0.4, 0.5) is 5.82 Å². The number of hydrogen-bond acceptors (Lipinski definition) is 5. The van der Waals surface area contributed by atoms with Gasteiger partial charge in [-0.1, -0.05) is 13.8 Å². The van der Waals surface area contributed by atoms with Gasteiger partial charge in [0.1, 0.15) is 12.1 Å². The quantitative estimate of drug-likeness (QED) is 0.834. The second-order valence-corrected chi connectivity index (χ2v) is 5.61. The van der Waals surface area contributed by atoms with E-state index in [9.17, 15) is 0 Å². The molecule has 0 saturated carbocycles. The van der Waals surface area contributed by atoms with Gasteiger partial charge in [-0.2, -0.15) is 0 Å². The Morgan fingerprint density at radius 2 is 2.06 bits per heavy atom. The summed E-state index contributed by atoms with van der Waals surface area (Å²) in [6, 6.07) is 1.85. The molecule has 0 bridgehead atoms. The van der Waals surface area contributed by atoms with Crippen LogP contribution in [-0.4, -0.2) is 36.2 Å². The normalized spacial score (nSPS) is 11.7. The first kappa shape index (κ1) is 14.7. The van der Waals surface area contributed by atoms with Crippen molar-refractivity contribution in [1.29, 1.82) is 0 Å². The van der Waals surface area contributed by atoms with Crippen molar-refractivity contribution in [1.82, 2.24) is 9.97 Å². The molecule has 0 aliphatic carbocycles. The van der Waals surface area contributed by atoms with Gasteiger partial charge in [-0.05, 0) is 25.8 Å². The van der Waals surface area contributed by atoms with Crippen LogP contribution < -0.4 is 15.4 Å². The van der Waals surface area contributed by atoms with Gasteiger partial charge >= 0.3 is 0 Å². The SMILES string of the molecule is CC(C)Oc1cc(N(C)CC(C)(C)CN)ncn1. The Kier molecular flexibility index (Phi) is 4.90.